The first-order valence-electron chi connectivity index (χ1n) is 4.90. The van der Waals surface area contributed by atoms with Crippen molar-refractivity contribution in [1.29, 1.82) is 0 Å². The lowest BCUT2D eigenvalue weighted by Gasteiger charge is -2.21. The van der Waals surface area contributed by atoms with E-state index >= 15 is 0 Å². The van der Waals surface area contributed by atoms with Crippen LogP contribution in [0.3, 0.4) is 0 Å². The van der Waals surface area contributed by atoms with Crippen molar-refractivity contribution >= 4 is 21.0 Å². The molecule has 10 heteroatoms. The van der Waals surface area contributed by atoms with Crippen molar-refractivity contribution in [2.45, 2.75) is 12.4 Å². The van der Waals surface area contributed by atoms with Gasteiger partial charge in [0.2, 0.25) is 5.52 Å². The van der Waals surface area contributed by atoms with Gasteiger partial charge in [0.15, 0.2) is 0 Å². The zero-order valence-electron chi connectivity index (χ0n) is 9.76. The number of nitrogens with zero attached hydrogens (tertiary/aromatic N) is 1. The van der Waals surface area contributed by atoms with E-state index in [1.807, 2.05) is 0 Å². The highest BCUT2D eigenvalue weighted by Crippen LogP contribution is 2.59. The maximum atomic E-state index is 11.1. The van der Waals surface area contributed by atoms with Crippen LogP contribution in [0.1, 0.15) is 12.5 Å². The van der Waals surface area contributed by atoms with E-state index in [0.29, 0.717) is 5.56 Å². The van der Waals surface area contributed by atoms with Gasteiger partial charge in [0, 0.05) is 11.8 Å². The smallest absolute Gasteiger partial charge is 0.346 e. The number of hydrogen-bond donors (Lipinski definition) is 5. The number of pyridine rings is 1. The molecule has 1 aromatic heterocycles. The first-order valence-corrected chi connectivity index (χ1v) is 8.26. The fourth-order valence-corrected chi connectivity index (χ4v) is 3.40. The number of nitrogens with one attached hydrogen (secondary N) is 1. The zero-order chi connectivity index (χ0) is 14.7. The molecular formula is C9H12N2O6P2. The molecule has 0 aromatic carbocycles. The van der Waals surface area contributed by atoms with Crippen molar-refractivity contribution < 1.29 is 28.7 Å². The fourth-order valence-electron chi connectivity index (χ4n) is 1.23. The van der Waals surface area contributed by atoms with Gasteiger partial charge < -0.3 is 24.9 Å². The summed E-state index contributed by atoms with van der Waals surface area (Å²) in [6.07, 6.45) is 1.30. The minimum atomic E-state index is -5.04. The second-order valence-electron chi connectivity index (χ2n) is 3.50. The molecular weight excluding hydrogens is 294 g/mol. The summed E-state index contributed by atoms with van der Waals surface area (Å²) in [6, 6.07) is 2.88. The van der Waals surface area contributed by atoms with Gasteiger partial charge in [-0.2, -0.15) is 0 Å². The third-order valence-electron chi connectivity index (χ3n) is 1.94. The number of rotatable bonds is 4. The molecule has 0 saturated carbocycles. The van der Waals surface area contributed by atoms with Gasteiger partial charge in [-0.15, -0.1) is 5.92 Å². The molecule has 0 bridgehead atoms. The number of aromatic nitrogens is 1. The van der Waals surface area contributed by atoms with Crippen LogP contribution >= 0.6 is 15.2 Å². The number of anilines is 1. The van der Waals surface area contributed by atoms with Gasteiger partial charge in [-0.05, 0) is 19.1 Å². The maximum Gasteiger partial charge on any atom is 0.360 e. The molecule has 0 fully saturated rings. The molecule has 19 heavy (non-hydrogen) atoms. The van der Waals surface area contributed by atoms with E-state index in [4.69, 9.17) is 19.6 Å². The highest BCUT2D eigenvalue weighted by molar-refractivity contribution is 7.71. The minimum absolute atomic E-state index is 0.0862. The second kappa shape index (κ2) is 5.85. The average molecular weight is 306 g/mol. The SMILES string of the molecule is CC#Cc1ccnc(NC(P(=O)(O)O)P(=O)(O)O)c1. The Morgan fingerprint density at radius 1 is 1.26 bits per heavy atom. The molecule has 1 rings (SSSR count). The van der Waals surface area contributed by atoms with Crippen LogP contribution in [0.2, 0.25) is 0 Å². The molecule has 1 heterocycles. The van der Waals surface area contributed by atoms with E-state index < -0.39 is 20.7 Å². The van der Waals surface area contributed by atoms with Crippen LogP contribution < -0.4 is 5.32 Å². The molecule has 0 aliphatic heterocycles. The van der Waals surface area contributed by atoms with Crippen molar-refractivity contribution in [3.63, 3.8) is 0 Å². The van der Waals surface area contributed by atoms with Crippen molar-refractivity contribution in [1.82, 2.24) is 4.98 Å². The van der Waals surface area contributed by atoms with Gasteiger partial charge in [0.05, 0.1) is 0 Å². The molecule has 8 nitrogen and oxygen atoms in total. The van der Waals surface area contributed by atoms with E-state index in [0.717, 1.165) is 0 Å². The molecule has 5 N–H and O–H groups in total. The Morgan fingerprint density at radius 3 is 2.32 bits per heavy atom. The summed E-state index contributed by atoms with van der Waals surface area (Å²) in [6.45, 7) is 1.60. The third kappa shape index (κ3) is 4.77. The topological polar surface area (TPSA) is 140 Å². The van der Waals surface area contributed by atoms with Gasteiger partial charge in [-0.25, -0.2) is 4.98 Å². The van der Waals surface area contributed by atoms with Gasteiger partial charge >= 0.3 is 15.2 Å². The van der Waals surface area contributed by atoms with Crippen LogP contribution in [0.25, 0.3) is 0 Å². The highest BCUT2D eigenvalue weighted by Gasteiger charge is 2.43. The van der Waals surface area contributed by atoms with E-state index in [1.165, 1.54) is 12.3 Å². The Morgan fingerprint density at radius 2 is 1.84 bits per heavy atom. The van der Waals surface area contributed by atoms with E-state index in [2.05, 4.69) is 22.1 Å². The molecule has 0 aliphatic carbocycles. The van der Waals surface area contributed by atoms with Crippen molar-refractivity contribution in [3.8, 4) is 11.8 Å². The third-order valence-corrected chi connectivity index (χ3v) is 5.28. The molecule has 0 spiro atoms. The summed E-state index contributed by atoms with van der Waals surface area (Å²) in [5, 5.41) is 2.05. The minimum Gasteiger partial charge on any atom is -0.346 e. The van der Waals surface area contributed by atoms with Gasteiger partial charge in [0.1, 0.15) is 5.82 Å². The van der Waals surface area contributed by atoms with Crippen LogP contribution in [0.15, 0.2) is 18.3 Å². The normalized spacial score (nSPS) is 11.9. The van der Waals surface area contributed by atoms with Crippen LogP contribution in [0.4, 0.5) is 5.82 Å². The number of hydrogen-bond acceptors (Lipinski definition) is 4. The predicted octanol–water partition coefficient (Wildman–Crippen LogP) is 0.504. The Labute approximate surface area is 109 Å². The summed E-state index contributed by atoms with van der Waals surface area (Å²) in [5.74, 6) is 5.21. The van der Waals surface area contributed by atoms with Crippen molar-refractivity contribution in [3.05, 3.63) is 23.9 Å². The molecule has 104 valence electrons. The van der Waals surface area contributed by atoms with E-state index in [-0.39, 0.29) is 5.82 Å². The molecule has 0 radical (unpaired) electrons. The van der Waals surface area contributed by atoms with E-state index in [1.54, 1.807) is 13.0 Å². The lowest BCUT2D eigenvalue weighted by Crippen LogP contribution is -2.20. The van der Waals surface area contributed by atoms with Crippen molar-refractivity contribution in [2.75, 3.05) is 5.32 Å². The largest absolute Gasteiger partial charge is 0.360 e. The van der Waals surface area contributed by atoms with E-state index in [9.17, 15) is 9.13 Å². The second-order valence-corrected chi connectivity index (χ2v) is 7.30. The van der Waals surface area contributed by atoms with Crippen LogP contribution in [0, 0.1) is 11.8 Å². The first-order chi connectivity index (χ1) is 8.64. The Balaban J connectivity index is 3.10. The highest BCUT2D eigenvalue weighted by atomic mass is 31.2. The van der Waals surface area contributed by atoms with Crippen molar-refractivity contribution in [2.24, 2.45) is 0 Å². The van der Waals surface area contributed by atoms with Gasteiger partial charge in [-0.3, -0.25) is 9.13 Å². The average Bonchev–Trinajstić information content (AvgIpc) is 2.24. The first kappa shape index (κ1) is 15.9. The Hall–Kier alpha value is -1.19. The Kier molecular flexibility index (Phi) is 4.88. The molecule has 0 unspecified atom stereocenters. The molecule has 0 atom stereocenters. The monoisotopic (exact) mass is 306 g/mol. The fraction of sp³-hybridized carbons (Fsp3) is 0.222. The molecule has 0 aliphatic rings. The zero-order valence-corrected chi connectivity index (χ0v) is 11.5. The predicted molar refractivity (Wildman–Crippen MR) is 68.3 cm³/mol. The lowest BCUT2D eigenvalue weighted by molar-refractivity contribution is 0.343. The lowest BCUT2D eigenvalue weighted by atomic mass is 10.2. The van der Waals surface area contributed by atoms with Crippen LogP contribution in [-0.4, -0.2) is 30.1 Å². The summed E-state index contributed by atoms with van der Waals surface area (Å²) >= 11 is 0. The Bertz CT molecular complexity index is 589. The molecule has 1 aromatic rings. The summed E-state index contributed by atoms with van der Waals surface area (Å²) < 4.78 is 22.2. The quantitative estimate of drug-likeness (QED) is 0.400. The van der Waals surface area contributed by atoms with Gasteiger partial charge in [0.25, 0.3) is 0 Å². The standard InChI is InChI=1S/C9H12N2O6P2/c1-2-3-7-4-5-10-8(6-7)11-9(18(12,13)14)19(15,16)17/h4-6,9H,1H3,(H,10,11)(H2,12,13,14)(H2,15,16,17). The molecule has 0 saturated heterocycles. The van der Waals surface area contributed by atoms with Crippen LogP contribution in [0.5, 0.6) is 0 Å². The summed E-state index contributed by atoms with van der Waals surface area (Å²) in [7, 11) is -10.1. The van der Waals surface area contributed by atoms with Gasteiger partial charge in [-0.1, -0.05) is 5.92 Å². The van der Waals surface area contributed by atoms with Crippen LogP contribution in [-0.2, 0) is 9.13 Å². The maximum absolute atomic E-state index is 11.1. The molecule has 0 amide bonds. The summed E-state index contributed by atoms with van der Waals surface area (Å²) in [4.78, 5) is 39.5. The summed E-state index contributed by atoms with van der Waals surface area (Å²) in [5.41, 5.74) is -1.84.